The molecule has 1 aromatic rings. The molecule has 0 radical (unpaired) electrons. The molecule has 0 saturated heterocycles. The van der Waals surface area contributed by atoms with E-state index in [4.69, 9.17) is 11.6 Å². The first-order chi connectivity index (χ1) is 9.04. The Morgan fingerprint density at radius 3 is 2.63 bits per heavy atom. The van der Waals surface area contributed by atoms with Crippen molar-refractivity contribution in [2.24, 2.45) is 0 Å². The number of amides is 1. The molecule has 0 bridgehead atoms. The first-order valence-electron chi connectivity index (χ1n) is 6.73. The Balaban J connectivity index is 2.62. The van der Waals surface area contributed by atoms with Crippen LogP contribution in [0.25, 0.3) is 0 Å². The van der Waals surface area contributed by atoms with E-state index in [1.807, 2.05) is 25.5 Å². The number of nitrogens with zero attached hydrogens (tertiary/aromatic N) is 3. The van der Waals surface area contributed by atoms with Crippen molar-refractivity contribution >= 4 is 17.5 Å². The second-order valence-corrected chi connectivity index (χ2v) is 4.77. The first-order valence-corrected chi connectivity index (χ1v) is 7.11. The molecule has 0 aromatic carbocycles. The Labute approximate surface area is 119 Å². The molecule has 0 saturated carbocycles. The van der Waals surface area contributed by atoms with Gasteiger partial charge in [-0.05, 0) is 20.3 Å². The van der Waals surface area contributed by atoms with E-state index in [0.717, 1.165) is 24.4 Å². The number of hydrogen-bond acceptors (Lipinski definition) is 3. The van der Waals surface area contributed by atoms with Crippen LogP contribution in [-0.4, -0.2) is 40.7 Å². The third-order valence-corrected chi connectivity index (χ3v) is 3.60. The maximum Gasteiger partial charge on any atom is 0.236 e. The van der Waals surface area contributed by atoms with E-state index in [2.05, 4.69) is 10.4 Å². The van der Waals surface area contributed by atoms with Crippen LogP contribution < -0.4 is 5.32 Å². The summed E-state index contributed by atoms with van der Waals surface area (Å²) in [6.07, 6.45) is 0.816. The number of carbonyl (C=O) groups is 1. The fourth-order valence-corrected chi connectivity index (χ4v) is 2.12. The quantitative estimate of drug-likeness (QED) is 0.830. The second kappa shape index (κ2) is 7.50. The third-order valence-electron chi connectivity index (χ3n) is 3.16. The Bertz CT molecular complexity index is 431. The van der Waals surface area contributed by atoms with Crippen molar-refractivity contribution in [2.45, 2.75) is 40.3 Å². The molecule has 1 N–H and O–H groups in total. The number of likely N-dealkylation sites (N-methyl/N-ethyl adjacent to an activating group) is 1. The summed E-state index contributed by atoms with van der Waals surface area (Å²) >= 11 is 6.29. The van der Waals surface area contributed by atoms with Crippen molar-refractivity contribution in [2.75, 3.05) is 20.1 Å². The molecule has 1 rings (SSSR count). The smallest absolute Gasteiger partial charge is 0.236 e. The van der Waals surface area contributed by atoms with Crippen LogP contribution in [0, 0.1) is 0 Å². The Kier molecular flexibility index (Phi) is 6.31. The minimum Gasteiger partial charge on any atom is -0.345 e. The highest BCUT2D eigenvalue weighted by atomic mass is 35.5. The van der Waals surface area contributed by atoms with Gasteiger partial charge in [0.25, 0.3) is 0 Å². The van der Waals surface area contributed by atoms with Crippen molar-refractivity contribution in [3.8, 4) is 0 Å². The monoisotopic (exact) mass is 286 g/mol. The van der Waals surface area contributed by atoms with E-state index in [1.54, 1.807) is 11.9 Å². The standard InChI is InChI=1S/C13H23ClN4O/c1-5-10-13(14)11(18(7-3)16-10)8-15-9-12(19)17(4)6-2/h15H,5-9H2,1-4H3. The molecule has 1 heterocycles. The molecule has 108 valence electrons. The molecule has 1 amide bonds. The van der Waals surface area contributed by atoms with Crippen LogP contribution in [0.1, 0.15) is 32.2 Å². The zero-order valence-corrected chi connectivity index (χ0v) is 12.9. The highest BCUT2D eigenvalue weighted by Gasteiger charge is 2.14. The Morgan fingerprint density at radius 2 is 2.11 bits per heavy atom. The molecular weight excluding hydrogens is 264 g/mol. The second-order valence-electron chi connectivity index (χ2n) is 4.39. The topological polar surface area (TPSA) is 50.2 Å². The average molecular weight is 287 g/mol. The zero-order valence-electron chi connectivity index (χ0n) is 12.2. The van der Waals surface area contributed by atoms with Gasteiger partial charge in [-0.2, -0.15) is 5.10 Å². The maximum atomic E-state index is 11.7. The fraction of sp³-hybridized carbons (Fsp3) is 0.692. The lowest BCUT2D eigenvalue weighted by molar-refractivity contribution is -0.128. The molecule has 0 unspecified atom stereocenters. The average Bonchev–Trinajstić information content (AvgIpc) is 2.74. The van der Waals surface area contributed by atoms with Crippen LogP contribution in [0.5, 0.6) is 0 Å². The van der Waals surface area contributed by atoms with E-state index >= 15 is 0 Å². The van der Waals surface area contributed by atoms with Crippen molar-refractivity contribution in [1.82, 2.24) is 20.0 Å². The van der Waals surface area contributed by atoms with Crippen LogP contribution >= 0.6 is 11.6 Å². The summed E-state index contributed by atoms with van der Waals surface area (Å²) in [6, 6.07) is 0. The summed E-state index contributed by atoms with van der Waals surface area (Å²) in [5.74, 6) is 0.0805. The minimum absolute atomic E-state index is 0.0805. The highest BCUT2D eigenvalue weighted by molar-refractivity contribution is 6.31. The fourth-order valence-electron chi connectivity index (χ4n) is 1.79. The Hall–Kier alpha value is -1.07. The van der Waals surface area contributed by atoms with E-state index in [9.17, 15) is 4.79 Å². The number of carbonyl (C=O) groups excluding carboxylic acids is 1. The highest BCUT2D eigenvalue weighted by Crippen LogP contribution is 2.21. The molecule has 0 aliphatic heterocycles. The van der Waals surface area contributed by atoms with Crippen LogP contribution in [0.3, 0.4) is 0 Å². The molecule has 1 aromatic heterocycles. The van der Waals surface area contributed by atoms with Crippen molar-refractivity contribution in [3.05, 3.63) is 16.4 Å². The summed E-state index contributed by atoms with van der Waals surface area (Å²) in [7, 11) is 1.79. The lowest BCUT2D eigenvalue weighted by atomic mass is 10.3. The van der Waals surface area contributed by atoms with E-state index in [-0.39, 0.29) is 5.91 Å². The molecule has 19 heavy (non-hydrogen) atoms. The van der Waals surface area contributed by atoms with E-state index < -0.39 is 0 Å². The number of aromatic nitrogens is 2. The summed E-state index contributed by atoms with van der Waals surface area (Å²) < 4.78 is 1.89. The lowest BCUT2D eigenvalue weighted by Crippen LogP contribution is -2.35. The number of rotatable bonds is 7. The van der Waals surface area contributed by atoms with Gasteiger partial charge in [0.2, 0.25) is 5.91 Å². The molecular formula is C13H23ClN4O. The van der Waals surface area contributed by atoms with Gasteiger partial charge in [-0.15, -0.1) is 0 Å². The zero-order chi connectivity index (χ0) is 14.4. The van der Waals surface area contributed by atoms with Gasteiger partial charge in [0, 0.05) is 26.7 Å². The van der Waals surface area contributed by atoms with Crippen molar-refractivity contribution < 1.29 is 4.79 Å². The molecule has 0 aliphatic rings. The summed E-state index contributed by atoms with van der Waals surface area (Å²) in [6.45, 7) is 8.38. The third kappa shape index (κ3) is 3.94. The first kappa shape index (κ1) is 16.0. The summed E-state index contributed by atoms with van der Waals surface area (Å²) in [5.41, 5.74) is 1.87. The van der Waals surface area contributed by atoms with Gasteiger partial charge in [-0.3, -0.25) is 9.48 Å². The van der Waals surface area contributed by atoms with Gasteiger partial charge in [0.1, 0.15) is 0 Å². The van der Waals surface area contributed by atoms with E-state index in [0.29, 0.717) is 24.7 Å². The van der Waals surface area contributed by atoms with Crippen LogP contribution in [-0.2, 0) is 24.3 Å². The van der Waals surface area contributed by atoms with Crippen molar-refractivity contribution in [3.63, 3.8) is 0 Å². The van der Waals surface area contributed by atoms with Gasteiger partial charge >= 0.3 is 0 Å². The SMILES string of the molecule is CCc1nn(CC)c(CNCC(=O)N(C)CC)c1Cl. The number of nitrogens with one attached hydrogen (secondary N) is 1. The van der Waals surface area contributed by atoms with Crippen LogP contribution in [0.15, 0.2) is 0 Å². The molecule has 5 nitrogen and oxygen atoms in total. The van der Waals surface area contributed by atoms with Gasteiger partial charge in [0.15, 0.2) is 0 Å². The predicted molar refractivity (Wildman–Crippen MR) is 77.3 cm³/mol. The van der Waals surface area contributed by atoms with E-state index in [1.165, 1.54) is 0 Å². The van der Waals surface area contributed by atoms with Gasteiger partial charge < -0.3 is 10.2 Å². The Morgan fingerprint density at radius 1 is 1.42 bits per heavy atom. The summed E-state index contributed by atoms with van der Waals surface area (Å²) in [5, 5.41) is 8.29. The minimum atomic E-state index is 0.0805. The van der Waals surface area contributed by atoms with Crippen LogP contribution in [0.2, 0.25) is 5.02 Å². The normalized spacial score (nSPS) is 10.8. The molecule has 6 heteroatoms. The molecule has 0 atom stereocenters. The number of aryl methyl sites for hydroxylation is 2. The molecule has 0 aliphatic carbocycles. The molecule has 0 fully saturated rings. The summed E-state index contributed by atoms with van der Waals surface area (Å²) in [4.78, 5) is 13.4. The largest absolute Gasteiger partial charge is 0.345 e. The maximum absolute atomic E-state index is 11.7. The van der Waals surface area contributed by atoms with Crippen LogP contribution in [0.4, 0.5) is 0 Å². The number of halogens is 1. The number of hydrogen-bond donors (Lipinski definition) is 1. The van der Waals surface area contributed by atoms with Gasteiger partial charge in [0.05, 0.1) is 23.0 Å². The lowest BCUT2D eigenvalue weighted by Gasteiger charge is -2.15. The van der Waals surface area contributed by atoms with Gasteiger partial charge in [-0.1, -0.05) is 18.5 Å². The predicted octanol–water partition coefficient (Wildman–Crippen LogP) is 1.69. The van der Waals surface area contributed by atoms with Gasteiger partial charge in [-0.25, -0.2) is 0 Å². The molecule has 0 spiro atoms. The van der Waals surface area contributed by atoms with Crippen molar-refractivity contribution in [1.29, 1.82) is 0 Å².